The highest BCUT2D eigenvalue weighted by molar-refractivity contribution is 7.90. The molecule has 0 saturated heterocycles. The number of aromatic nitrogens is 2. The lowest BCUT2D eigenvalue weighted by Gasteiger charge is -2.19. The number of sulfone groups is 1. The van der Waals surface area contributed by atoms with Gasteiger partial charge < -0.3 is 9.88 Å². The van der Waals surface area contributed by atoms with Crippen LogP contribution in [0.5, 0.6) is 0 Å². The summed E-state index contributed by atoms with van der Waals surface area (Å²) < 4.78 is 26.0. The number of imidazole rings is 1. The minimum atomic E-state index is -3.60. The minimum absolute atomic E-state index is 0.109. The van der Waals surface area contributed by atoms with Crippen LogP contribution in [0.1, 0.15) is 22.0 Å². The normalized spacial score (nSPS) is 12.7. The van der Waals surface area contributed by atoms with Gasteiger partial charge in [0.2, 0.25) is 20.9 Å². The topological polar surface area (TPSA) is 81.1 Å². The van der Waals surface area contributed by atoms with Gasteiger partial charge in [0.25, 0.3) is 0 Å². The van der Waals surface area contributed by atoms with Crippen LogP contribution < -0.4 is 5.32 Å². The van der Waals surface area contributed by atoms with E-state index in [4.69, 9.17) is 0 Å². The van der Waals surface area contributed by atoms with Crippen molar-refractivity contribution in [1.82, 2.24) is 14.9 Å². The minimum Gasteiger partial charge on any atom is -0.343 e. The zero-order valence-electron chi connectivity index (χ0n) is 16.6. The monoisotopic (exact) mass is 439 g/mol. The van der Waals surface area contributed by atoms with Gasteiger partial charge in [-0.15, -0.1) is 11.3 Å². The van der Waals surface area contributed by atoms with Gasteiger partial charge in [-0.3, -0.25) is 4.79 Å². The molecule has 1 N–H and O–H groups in total. The van der Waals surface area contributed by atoms with Gasteiger partial charge >= 0.3 is 0 Å². The number of benzene rings is 2. The standard InChI is InChI=1S/C22H21N3O3S2/c1-15-9-11-16(12-10-15)21(19-8-5-13-29-19)24-20(26)14-25-18-7-4-3-6-17(18)23-22(25)30(2,27)28/h3-13,21H,14H2,1-2H3,(H,24,26)/t21-/m1/s1. The summed E-state index contributed by atoms with van der Waals surface area (Å²) in [7, 11) is -3.60. The molecule has 1 atom stereocenters. The molecule has 1 amide bonds. The molecule has 0 unspecified atom stereocenters. The second kappa shape index (κ2) is 8.04. The van der Waals surface area contributed by atoms with Crippen molar-refractivity contribution in [3.8, 4) is 0 Å². The van der Waals surface area contributed by atoms with Crippen LogP contribution in [0, 0.1) is 6.92 Å². The van der Waals surface area contributed by atoms with Gasteiger partial charge in [-0.25, -0.2) is 13.4 Å². The Hall–Kier alpha value is -2.97. The van der Waals surface area contributed by atoms with Gasteiger partial charge in [0.05, 0.1) is 17.1 Å². The lowest BCUT2D eigenvalue weighted by Crippen LogP contribution is -2.32. The maximum atomic E-state index is 13.0. The number of hydrogen-bond donors (Lipinski definition) is 1. The zero-order chi connectivity index (χ0) is 21.3. The van der Waals surface area contributed by atoms with Gasteiger partial charge in [-0.1, -0.05) is 48.0 Å². The van der Waals surface area contributed by atoms with Crippen molar-refractivity contribution in [2.75, 3.05) is 6.26 Å². The first-order valence-electron chi connectivity index (χ1n) is 9.37. The van der Waals surface area contributed by atoms with E-state index in [0.29, 0.717) is 11.0 Å². The number of nitrogens with one attached hydrogen (secondary N) is 1. The smallest absolute Gasteiger partial charge is 0.240 e. The molecule has 30 heavy (non-hydrogen) atoms. The van der Waals surface area contributed by atoms with Crippen molar-refractivity contribution in [3.05, 3.63) is 82.0 Å². The highest BCUT2D eigenvalue weighted by Crippen LogP contribution is 2.27. The van der Waals surface area contributed by atoms with Gasteiger partial charge in [-0.2, -0.15) is 0 Å². The molecule has 0 radical (unpaired) electrons. The van der Waals surface area contributed by atoms with Crippen LogP contribution >= 0.6 is 11.3 Å². The van der Waals surface area contributed by atoms with Crippen LogP contribution in [0.4, 0.5) is 0 Å². The summed E-state index contributed by atoms with van der Waals surface area (Å²) >= 11 is 1.56. The summed E-state index contributed by atoms with van der Waals surface area (Å²) in [6, 6.07) is 18.7. The lowest BCUT2D eigenvalue weighted by atomic mass is 10.0. The van der Waals surface area contributed by atoms with Crippen LogP contribution in [0.15, 0.2) is 71.2 Å². The number of fused-ring (bicyclic) bond motifs is 1. The molecule has 0 aliphatic rings. The Balaban J connectivity index is 1.67. The number of amides is 1. The molecule has 154 valence electrons. The average molecular weight is 440 g/mol. The number of aryl methyl sites for hydroxylation is 1. The Morgan fingerprint density at radius 1 is 1.10 bits per heavy atom. The van der Waals surface area contributed by atoms with Gasteiger partial charge in [0, 0.05) is 11.1 Å². The molecule has 0 saturated carbocycles. The molecule has 4 aromatic rings. The fourth-order valence-corrected chi connectivity index (χ4v) is 5.00. The van der Waals surface area contributed by atoms with Gasteiger partial charge in [0.15, 0.2) is 0 Å². The molecule has 4 rings (SSSR count). The highest BCUT2D eigenvalue weighted by Gasteiger charge is 2.23. The van der Waals surface area contributed by atoms with Crippen molar-refractivity contribution < 1.29 is 13.2 Å². The molecule has 2 aromatic heterocycles. The number of carbonyl (C=O) groups excluding carboxylic acids is 1. The number of rotatable bonds is 6. The predicted octanol–water partition coefficient (Wildman–Crippen LogP) is 3.72. The van der Waals surface area contributed by atoms with Gasteiger partial charge in [-0.05, 0) is 36.1 Å². The Kier molecular flexibility index (Phi) is 5.44. The Morgan fingerprint density at radius 2 is 1.83 bits per heavy atom. The number of para-hydroxylation sites is 2. The third kappa shape index (κ3) is 4.15. The number of hydrogen-bond acceptors (Lipinski definition) is 5. The van der Waals surface area contributed by atoms with E-state index in [-0.39, 0.29) is 23.7 Å². The molecule has 0 bridgehead atoms. The number of nitrogens with zero attached hydrogens (tertiary/aromatic N) is 2. The number of carbonyl (C=O) groups is 1. The second-order valence-electron chi connectivity index (χ2n) is 7.17. The Labute approximate surface area is 179 Å². The molecular formula is C22H21N3O3S2. The van der Waals surface area contributed by atoms with E-state index in [9.17, 15) is 13.2 Å². The first kappa shape index (κ1) is 20.3. The van der Waals surface area contributed by atoms with Crippen LogP contribution in [-0.4, -0.2) is 30.1 Å². The van der Waals surface area contributed by atoms with Crippen molar-refractivity contribution >= 4 is 38.1 Å². The van der Waals surface area contributed by atoms with Gasteiger partial charge in [0.1, 0.15) is 6.54 Å². The summed E-state index contributed by atoms with van der Waals surface area (Å²) in [6.07, 6.45) is 1.10. The second-order valence-corrected chi connectivity index (χ2v) is 10.1. The van der Waals surface area contributed by atoms with Crippen LogP contribution in [0.2, 0.25) is 0 Å². The largest absolute Gasteiger partial charge is 0.343 e. The first-order chi connectivity index (χ1) is 14.3. The zero-order valence-corrected chi connectivity index (χ0v) is 18.2. The first-order valence-corrected chi connectivity index (χ1v) is 12.1. The third-order valence-electron chi connectivity index (χ3n) is 4.80. The van der Waals surface area contributed by atoms with Crippen molar-refractivity contribution in [3.63, 3.8) is 0 Å². The molecule has 2 aromatic carbocycles. The van der Waals surface area contributed by atoms with E-state index >= 15 is 0 Å². The summed E-state index contributed by atoms with van der Waals surface area (Å²) in [5, 5.41) is 4.92. The van der Waals surface area contributed by atoms with Crippen LogP contribution in [0.3, 0.4) is 0 Å². The van der Waals surface area contributed by atoms with E-state index in [1.165, 1.54) is 4.57 Å². The van der Waals surface area contributed by atoms with E-state index < -0.39 is 9.84 Å². The molecule has 0 spiro atoms. The average Bonchev–Trinajstić information content (AvgIpc) is 3.35. The molecular weight excluding hydrogens is 418 g/mol. The molecule has 6 nitrogen and oxygen atoms in total. The predicted molar refractivity (Wildman–Crippen MR) is 118 cm³/mol. The van der Waals surface area contributed by atoms with E-state index in [0.717, 1.165) is 22.3 Å². The van der Waals surface area contributed by atoms with Crippen molar-refractivity contribution in [1.29, 1.82) is 0 Å². The highest BCUT2D eigenvalue weighted by atomic mass is 32.2. The molecule has 0 fully saturated rings. The SMILES string of the molecule is Cc1ccc([C@@H](NC(=O)Cn2c(S(C)(=O)=O)nc3ccccc32)c2cccs2)cc1. The summed E-state index contributed by atoms with van der Waals surface area (Å²) in [5.41, 5.74) is 3.25. The fourth-order valence-electron chi connectivity index (χ4n) is 3.37. The molecule has 2 heterocycles. The molecule has 0 aliphatic heterocycles. The quantitative estimate of drug-likeness (QED) is 0.497. The molecule has 0 aliphatic carbocycles. The van der Waals surface area contributed by atoms with E-state index in [2.05, 4.69) is 10.3 Å². The maximum Gasteiger partial charge on any atom is 0.240 e. The lowest BCUT2D eigenvalue weighted by molar-refractivity contribution is -0.122. The number of thiophene rings is 1. The maximum absolute atomic E-state index is 13.0. The molecule has 8 heteroatoms. The van der Waals surface area contributed by atoms with Crippen LogP contribution in [0.25, 0.3) is 11.0 Å². The summed E-state index contributed by atoms with van der Waals surface area (Å²) in [4.78, 5) is 18.3. The Bertz CT molecular complexity index is 1290. The van der Waals surface area contributed by atoms with Crippen molar-refractivity contribution in [2.24, 2.45) is 0 Å². The van der Waals surface area contributed by atoms with E-state index in [1.54, 1.807) is 35.6 Å². The summed E-state index contributed by atoms with van der Waals surface area (Å²) in [5.74, 6) is -0.290. The van der Waals surface area contributed by atoms with Crippen molar-refractivity contribution in [2.45, 2.75) is 24.7 Å². The van der Waals surface area contributed by atoms with E-state index in [1.807, 2.05) is 48.7 Å². The third-order valence-corrected chi connectivity index (χ3v) is 6.71. The fraction of sp³-hybridized carbons (Fsp3) is 0.182. The summed E-state index contributed by atoms with van der Waals surface area (Å²) in [6.45, 7) is 1.87. The van der Waals surface area contributed by atoms with Crippen LogP contribution in [-0.2, 0) is 21.2 Å². The Morgan fingerprint density at radius 3 is 2.50 bits per heavy atom.